The lowest BCUT2D eigenvalue weighted by atomic mass is 9.94. The molecule has 0 aromatic heterocycles. The van der Waals surface area contributed by atoms with E-state index in [1.54, 1.807) is 0 Å². The predicted octanol–water partition coefficient (Wildman–Crippen LogP) is 3.10. The molecule has 1 aromatic rings. The Labute approximate surface area is 106 Å². The van der Waals surface area contributed by atoms with E-state index in [9.17, 15) is 9.18 Å². The number of carboxylic acid groups (broad SMARTS) is 1. The molecule has 0 heterocycles. The van der Waals surface area contributed by atoms with E-state index >= 15 is 0 Å². The Morgan fingerprint density at radius 1 is 1.44 bits per heavy atom. The van der Waals surface area contributed by atoms with Crippen molar-refractivity contribution in [3.05, 3.63) is 23.5 Å². The summed E-state index contributed by atoms with van der Waals surface area (Å²) in [5.74, 6) is -1.95. The summed E-state index contributed by atoms with van der Waals surface area (Å²) in [4.78, 5) is 11.2. The molecule has 1 rings (SSSR count). The summed E-state index contributed by atoms with van der Waals surface area (Å²) < 4.78 is 13.3. The molecule has 0 fully saturated rings. The van der Waals surface area contributed by atoms with Gasteiger partial charge in [0.1, 0.15) is 11.4 Å². The van der Waals surface area contributed by atoms with Gasteiger partial charge in [0.05, 0.1) is 11.4 Å². The van der Waals surface area contributed by atoms with Crippen molar-refractivity contribution in [1.29, 1.82) is 0 Å². The highest BCUT2D eigenvalue weighted by Gasteiger charge is 2.24. The lowest BCUT2D eigenvalue weighted by Crippen LogP contribution is -2.33. The van der Waals surface area contributed by atoms with E-state index in [1.165, 1.54) is 12.1 Å². The molecule has 0 spiro atoms. The van der Waals surface area contributed by atoms with Gasteiger partial charge < -0.3 is 16.2 Å². The molecule has 0 saturated carbocycles. The summed E-state index contributed by atoms with van der Waals surface area (Å²) in [6.45, 7) is 5.99. The van der Waals surface area contributed by atoms with Gasteiger partial charge in [-0.1, -0.05) is 13.8 Å². The molecule has 0 atom stereocenters. The third-order valence-corrected chi connectivity index (χ3v) is 3.40. The van der Waals surface area contributed by atoms with Gasteiger partial charge in [-0.05, 0) is 31.9 Å². The van der Waals surface area contributed by atoms with Crippen LogP contribution >= 0.6 is 0 Å². The third kappa shape index (κ3) is 2.72. The van der Waals surface area contributed by atoms with E-state index in [4.69, 9.17) is 10.8 Å². The maximum absolute atomic E-state index is 13.3. The Balaban J connectivity index is 3.25. The number of hydrogen-bond donors (Lipinski definition) is 3. The number of rotatable bonds is 5. The monoisotopic (exact) mass is 254 g/mol. The highest BCUT2D eigenvalue weighted by atomic mass is 19.1. The van der Waals surface area contributed by atoms with Crippen LogP contribution in [0.15, 0.2) is 12.1 Å². The van der Waals surface area contributed by atoms with E-state index in [-0.39, 0.29) is 16.8 Å². The van der Waals surface area contributed by atoms with Crippen LogP contribution in [0.5, 0.6) is 0 Å². The Morgan fingerprint density at radius 3 is 2.44 bits per heavy atom. The van der Waals surface area contributed by atoms with Gasteiger partial charge in [0.15, 0.2) is 0 Å². The zero-order valence-corrected chi connectivity index (χ0v) is 10.9. The molecule has 0 radical (unpaired) electrons. The standard InChI is InChI=1S/C13H19FN2O2/c1-4-13(3,5-2)16-9-7-6-8(14)11(15)10(9)12(17)18/h6-7,16H,4-5,15H2,1-3H3,(H,17,18). The second-order valence-corrected chi connectivity index (χ2v) is 4.58. The second kappa shape index (κ2) is 5.25. The van der Waals surface area contributed by atoms with E-state index in [2.05, 4.69) is 5.32 Å². The van der Waals surface area contributed by atoms with Crippen LogP contribution < -0.4 is 11.1 Å². The minimum Gasteiger partial charge on any atom is -0.478 e. The molecule has 4 N–H and O–H groups in total. The zero-order valence-electron chi connectivity index (χ0n) is 10.9. The quantitative estimate of drug-likeness (QED) is 0.706. The van der Waals surface area contributed by atoms with Crippen molar-refractivity contribution in [2.45, 2.75) is 39.2 Å². The fourth-order valence-corrected chi connectivity index (χ4v) is 1.68. The number of hydrogen-bond acceptors (Lipinski definition) is 3. The number of benzene rings is 1. The van der Waals surface area contributed by atoms with Gasteiger partial charge in [-0.15, -0.1) is 0 Å². The van der Waals surface area contributed by atoms with Crippen molar-refractivity contribution < 1.29 is 14.3 Å². The van der Waals surface area contributed by atoms with E-state index in [0.29, 0.717) is 5.69 Å². The van der Waals surface area contributed by atoms with Crippen LogP contribution in [0.3, 0.4) is 0 Å². The molecule has 1 aromatic carbocycles. The Bertz CT molecular complexity index is 457. The molecule has 0 aliphatic heterocycles. The summed E-state index contributed by atoms with van der Waals surface area (Å²) in [6, 6.07) is 2.59. The summed E-state index contributed by atoms with van der Waals surface area (Å²) in [5, 5.41) is 12.3. The average Bonchev–Trinajstić information content (AvgIpc) is 2.33. The molecule has 4 nitrogen and oxygen atoms in total. The minimum atomic E-state index is -1.23. The fourth-order valence-electron chi connectivity index (χ4n) is 1.68. The number of carbonyl (C=O) groups is 1. The Morgan fingerprint density at radius 2 is 2.00 bits per heavy atom. The topological polar surface area (TPSA) is 75.3 Å². The maximum Gasteiger partial charge on any atom is 0.340 e. The molecule has 0 amide bonds. The Kier molecular flexibility index (Phi) is 4.16. The SMILES string of the molecule is CCC(C)(CC)Nc1ccc(F)c(N)c1C(=O)O. The molecular weight excluding hydrogens is 235 g/mol. The second-order valence-electron chi connectivity index (χ2n) is 4.58. The zero-order chi connectivity index (χ0) is 13.9. The molecule has 0 aliphatic carbocycles. The van der Waals surface area contributed by atoms with Gasteiger partial charge >= 0.3 is 5.97 Å². The van der Waals surface area contributed by atoms with Crippen LogP contribution in [0.25, 0.3) is 0 Å². The van der Waals surface area contributed by atoms with Crippen LogP contribution in [-0.2, 0) is 0 Å². The van der Waals surface area contributed by atoms with Crippen LogP contribution in [0.1, 0.15) is 44.0 Å². The number of nitrogens with one attached hydrogen (secondary N) is 1. The predicted molar refractivity (Wildman–Crippen MR) is 70.4 cm³/mol. The first-order chi connectivity index (χ1) is 8.34. The molecular formula is C13H19FN2O2. The van der Waals surface area contributed by atoms with Crippen molar-refractivity contribution in [3.63, 3.8) is 0 Å². The first-order valence-electron chi connectivity index (χ1n) is 5.94. The number of carboxylic acids is 1. The van der Waals surface area contributed by atoms with E-state index in [1.807, 2.05) is 20.8 Å². The van der Waals surface area contributed by atoms with Gasteiger partial charge in [-0.2, -0.15) is 0 Å². The molecule has 0 saturated heterocycles. The van der Waals surface area contributed by atoms with Gasteiger partial charge in [-0.3, -0.25) is 0 Å². The normalized spacial score (nSPS) is 11.3. The summed E-state index contributed by atoms with van der Waals surface area (Å²) >= 11 is 0. The first-order valence-corrected chi connectivity index (χ1v) is 5.94. The third-order valence-electron chi connectivity index (χ3n) is 3.40. The number of halogens is 1. The van der Waals surface area contributed by atoms with Gasteiger partial charge in [0, 0.05) is 5.54 Å². The number of aromatic carboxylic acids is 1. The largest absolute Gasteiger partial charge is 0.478 e. The maximum atomic E-state index is 13.3. The Hall–Kier alpha value is -1.78. The van der Waals surface area contributed by atoms with Crippen LogP contribution in [0.4, 0.5) is 15.8 Å². The lowest BCUT2D eigenvalue weighted by molar-refractivity contribution is 0.0698. The van der Waals surface area contributed by atoms with Crippen LogP contribution in [0, 0.1) is 5.82 Å². The van der Waals surface area contributed by atoms with E-state index in [0.717, 1.165) is 12.8 Å². The number of anilines is 2. The molecule has 0 unspecified atom stereocenters. The summed E-state index contributed by atoms with van der Waals surface area (Å²) in [5.41, 5.74) is 5.07. The van der Waals surface area contributed by atoms with Gasteiger partial charge in [0.25, 0.3) is 0 Å². The fraction of sp³-hybridized carbons (Fsp3) is 0.462. The summed E-state index contributed by atoms with van der Waals surface area (Å²) in [7, 11) is 0. The molecule has 100 valence electrons. The summed E-state index contributed by atoms with van der Waals surface area (Å²) in [6.07, 6.45) is 1.64. The van der Waals surface area contributed by atoms with Crippen LogP contribution in [0.2, 0.25) is 0 Å². The highest BCUT2D eigenvalue weighted by Crippen LogP contribution is 2.29. The van der Waals surface area contributed by atoms with E-state index < -0.39 is 11.8 Å². The van der Waals surface area contributed by atoms with Crippen molar-refractivity contribution >= 4 is 17.3 Å². The van der Waals surface area contributed by atoms with Gasteiger partial charge in [-0.25, -0.2) is 9.18 Å². The first kappa shape index (κ1) is 14.3. The van der Waals surface area contributed by atoms with Crippen molar-refractivity contribution in [2.24, 2.45) is 0 Å². The average molecular weight is 254 g/mol. The number of nitrogen functional groups attached to an aromatic ring is 1. The van der Waals surface area contributed by atoms with Gasteiger partial charge in [0.2, 0.25) is 0 Å². The molecule has 18 heavy (non-hydrogen) atoms. The number of nitrogens with two attached hydrogens (primary N) is 1. The molecule has 0 bridgehead atoms. The van der Waals surface area contributed by atoms with Crippen LogP contribution in [-0.4, -0.2) is 16.6 Å². The molecule has 5 heteroatoms. The molecule has 0 aliphatic rings. The van der Waals surface area contributed by atoms with Crippen molar-refractivity contribution in [3.8, 4) is 0 Å². The van der Waals surface area contributed by atoms with Crippen molar-refractivity contribution in [1.82, 2.24) is 0 Å². The van der Waals surface area contributed by atoms with Crippen molar-refractivity contribution in [2.75, 3.05) is 11.1 Å². The minimum absolute atomic E-state index is 0.205. The lowest BCUT2D eigenvalue weighted by Gasteiger charge is -2.30. The smallest absolute Gasteiger partial charge is 0.340 e. The highest BCUT2D eigenvalue weighted by molar-refractivity contribution is 6.00.